The maximum atomic E-state index is 12.9. The summed E-state index contributed by atoms with van der Waals surface area (Å²) in [6.07, 6.45) is 5.24. The third-order valence-corrected chi connectivity index (χ3v) is 12.5. The third-order valence-electron chi connectivity index (χ3n) is 11.7. The SMILES string of the molecule is CC1(C)[C@H]2CC[C@]1(CS(=O)(=O)O)C(=O)C2.COc1cc2c(cc1OC)CC(=O)N(CCCN(C)C[C@H]1Cc3cc(OC)c(OC)cc31)CC2. The Balaban J connectivity index is 0.000000259. The molecule has 0 aromatic heterocycles. The highest BCUT2D eigenvalue weighted by atomic mass is 32.2. The summed E-state index contributed by atoms with van der Waals surface area (Å²) < 4.78 is 52.7. The molecule has 0 radical (unpaired) electrons. The monoisotopic (exact) mass is 700 g/mol. The fourth-order valence-electron chi connectivity index (χ4n) is 8.57. The summed E-state index contributed by atoms with van der Waals surface area (Å²) >= 11 is 0. The van der Waals surface area contributed by atoms with Crippen molar-refractivity contribution in [1.82, 2.24) is 9.80 Å². The van der Waals surface area contributed by atoms with Gasteiger partial charge < -0.3 is 28.7 Å². The molecule has 1 amide bonds. The van der Waals surface area contributed by atoms with E-state index in [4.69, 9.17) is 23.5 Å². The predicted octanol–water partition coefficient (Wildman–Crippen LogP) is 4.58. The van der Waals surface area contributed by atoms with E-state index in [-0.39, 0.29) is 23.0 Å². The van der Waals surface area contributed by atoms with Gasteiger partial charge in [0.05, 0.1) is 46.0 Å². The van der Waals surface area contributed by atoms with E-state index in [1.54, 1.807) is 28.4 Å². The van der Waals surface area contributed by atoms with Gasteiger partial charge in [0, 0.05) is 32.0 Å². The van der Waals surface area contributed by atoms with Crippen molar-refractivity contribution in [1.29, 1.82) is 0 Å². The molecule has 2 saturated carbocycles. The Morgan fingerprint density at radius 2 is 1.49 bits per heavy atom. The molecular weight excluding hydrogens is 648 g/mol. The van der Waals surface area contributed by atoms with E-state index in [1.165, 1.54) is 16.7 Å². The summed E-state index contributed by atoms with van der Waals surface area (Å²) in [5, 5.41) is 0. The lowest BCUT2D eigenvalue weighted by molar-refractivity contribution is -0.130. The van der Waals surface area contributed by atoms with Crippen LogP contribution in [0.1, 0.15) is 67.7 Å². The highest BCUT2D eigenvalue weighted by molar-refractivity contribution is 7.85. The van der Waals surface area contributed by atoms with Crippen molar-refractivity contribution in [2.24, 2.45) is 16.7 Å². The minimum Gasteiger partial charge on any atom is -0.493 e. The highest BCUT2D eigenvalue weighted by Crippen LogP contribution is 2.64. The van der Waals surface area contributed by atoms with Crippen LogP contribution in [0, 0.1) is 16.7 Å². The lowest BCUT2D eigenvalue weighted by Crippen LogP contribution is -2.42. The normalized spacial score (nSPS) is 23.6. The van der Waals surface area contributed by atoms with Gasteiger partial charge in [-0.05, 0) is 104 Å². The number of ether oxygens (including phenoxy) is 4. The maximum Gasteiger partial charge on any atom is 0.265 e. The lowest BCUT2D eigenvalue weighted by atomic mass is 9.70. The molecular formula is C37H52N2O9S. The zero-order valence-corrected chi connectivity index (χ0v) is 30.8. The number of benzene rings is 2. The van der Waals surface area contributed by atoms with Gasteiger partial charge in [0.1, 0.15) is 5.78 Å². The van der Waals surface area contributed by atoms with Gasteiger partial charge >= 0.3 is 0 Å². The number of amides is 1. The van der Waals surface area contributed by atoms with Gasteiger partial charge in [-0.15, -0.1) is 0 Å². The molecule has 270 valence electrons. The van der Waals surface area contributed by atoms with Gasteiger partial charge in [0.2, 0.25) is 5.91 Å². The number of rotatable bonds is 12. The van der Waals surface area contributed by atoms with Gasteiger partial charge in [0.25, 0.3) is 10.1 Å². The summed E-state index contributed by atoms with van der Waals surface area (Å²) in [4.78, 5) is 29.2. The molecule has 2 fully saturated rings. The molecule has 3 aliphatic carbocycles. The van der Waals surface area contributed by atoms with Crippen LogP contribution in [0.5, 0.6) is 23.0 Å². The van der Waals surface area contributed by atoms with Crippen LogP contribution < -0.4 is 18.9 Å². The van der Waals surface area contributed by atoms with Gasteiger partial charge in [0.15, 0.2) is 23.0 Å². The van der Waals surface area contributed by atoms with E-state index in [0.717, 1.165) is 74.7 Å². The standard InChI is InChI=1S/C27H36N2O5.C10H16O4S/c1-28(17-21-11-20-14-25(33-4)26(34-5)16-22(20)21)8-6-9-29-10-7-18-12-23(31-2)24(32-3)13-19(18)15-27(29)30;1-9(2)7-3-4-10(9,8(11)5-7)6-15(12,13)14/h12-14,16,21H,6-11,15,17H2,1-5H3;7H,3-6H2,1-2H3,(H,12,13,14)/t21-;7-,10-/m10/s1. The van der Waals surface area contributed by atoms with Crippen molar-refractivity contribution in [2.75, 3.05) is 67.4 Å². The molecule has 1 aliphatic heterocycles. The number of fused-ring (bicyclic) bond motifs is 4. The smallest absolute Gasteiger partial charge is 0.265 e. The van der Waals surface area contributed by atoms with E-state index in [2.05, 4.69) is 24.1 Å². The number of Topliss-reactive ketones (excluding diaryl/α,β-unsaturated/α-hetero) is 1. The summed E-state index contributed by atoms with van der Waals surface area (Å²) in [6, 6.07) is 8.18. The second-order valence-corrected chi connectivity index (χ2v) is 16.1. The number of carbonyl (C=O) groups excluding carboxylic acids is 2. The minimum absolute atomic E-state index is 0.0152. The molecule has 0 spiro atoms. The summed E-state index contributed by atoms with van der Waals surface area (Å²) in [7, 11) is 4.71. The maximum absolute atomic E-state index is 12.9. The Morgan fingerprint density at radius 1 is 0.898 bits per heavy atom. The molecule has 4 aliphatic rings. The van der Waals surface area contributed by atoms with E-state index in [9.17, 15) is 18.0 Å². The number of carbonyl (C=O) groups is 2. The molecule has 49 heavy (non-hydrogen) atoms. The first-order chi connectivity index (χ1) is 23.2. The first-order valence-corrected chi connectivity index (χ1v) is 18.7. The largest absolute Gasteiger partial charge is 0.493 e. The zero-order valence-electron chi connectivity index (χ0n) is 30.0. The summed E-state index contributed by atoms with van der Waals surface area (Å²) in [5.74, 6) is 3.59. The molecule has 11 nitrogen and oxygen atoms in total. The molecule has 0 unspecified atom stereocenters. The van der Waals surface area contributed by atoms with Gasteiger partial charge in [-0.1, -0.05) is 13.8 Å². The molecule has 2 aromatic rings. The van der Waals surface area contributed by atoms with Gasteiger partial charge in [-0.2, -0.15) is 8.42 Å². The molecule has 1 heterocycles. The Kier molecular flexibility index (Phi) is 10.9. The topological polar surface area (TPSA) is 132 Å². The molecule has 0 saturated heterocycles. The van der Waals surface area contributed by atoms with Crippen molar-refractivity contribution in [3.8, 4) is 23.0 Å². The second-order valence-electron chi connectivity index (χ2n) is 14.6. The number of hydrogen-bond acceptors (Lipinski definition) is 9. The number of methoxy groups -OCH3 is 4. The fourth-order valence-corrected chi connectivity index (χ4v) is 9.87. The van der Waals surface area contributed by atoms with Crippen LogP contribution in [0.15, 0.2) is 24.3 Å². The molecule has 2 aromatic carbocycles. The van der Waals surface area contributed by atoms with Crippen LogP contribution >= 0.6 is 0 Å². The zero-order chi connectivity index (χ0) is 35.7. The van der Waals surface area contributed by atoms with Crippen molar-refractivity contribution in [2.45, 2.75) is 64.7 Å². The van der Waals surface area contributed by atoms with Gasteiger partial charge in [-0.3, -0.25) is 14.1 Å². The Hall–Kier alpha value is -3.35. The van der Waals surface area contributed by atoms with E-state index in [0.29, 0.717) is 30.9 Å². The lowest BCUT2D eigenvalue weighted by Gasteiger charge is -2.35. The number of likely N-dealkylation sites (N-methyl/N-ethyl adjacent to an activating group) is 1. The molecule has 3 atom stereocenters. The van der Waals surface area contributed by atoms with Crippen molar-refractivity contribution in [3.05, 3.63) is 46.5 Å². The fraction of sp³-hybridized carbons (Fsp3) is 0.622. The number of nitrogens with zero attached hydrogens (tertiary/aromatic N) is 2. The third kappa shape index (κ3) is 7.42. The molecule has 6 rings (SSSR count). The van der Waals surface area contributed by atoms with Crippen LogP contribution in [-0.2, 0) is 39.0 Å². The summed E-state index contributed by atoms with van der Waals surface area (Å²) in [6.45, 7) is 7.36. The predicted molar refractivity (Wildman–Crippen MR) is 187 cm³/mol. The number of ketones is 1. The van der Waals surface area contributed by atoms with Gasteiger partial charge in [-0.25, -0.2) is 0 Å². The highest BCUT2D eigenvalue weighted by Gasteiger charge is 2.65. The second kappa shape index (κ2) is 14.5. The minimum atomic E-state index is -4.08. The Labute approximate surface area is 291 Å². The van der Waals surface area contributed by atoms with Crippen molar-refractivity contribution >= 4 is 21.8 Å². The van der Waals surface area contributed by atoms with E-state index in [1.807, 2.05) is 30.9 Å². The molecule has 2 bridgehead atoms. The first-order valence-electron chi connectivity index (χ1n) is 17.1. The average Bonchev–Trinajstić information content (AvgIpc) is 3.29. The summed E-state index contributed by atoms with van der Waals surface area (Å²) in [5.41, 5.74) is 3.79. The first kappa shape index (κ1) is 36.9. The average molecular weight is 701 g/mol. The molecule has 1 N–H and O–H groups in total. The Bertz CT molecular complexity index is 1670. The van der Waals surface area contributed by atoms with Crippen LogP contribution in [0.3, 0.4) is 0 Å². The molecule has 12 heteroatoms. The van der Waals surface area contributed by atoms with E-state index < -0.39 is 21.3 Å². The number of hydrogen-bond donors (Lipinski definition) is 1. The van der Waals surface area contributed by atoms with Crippen LogP contribution in [-0.4, -0.2) is 102 Å². The quantitative estimate of drug-likeness (QED) is 0.314. The van der Waals surface area contributed by atoms with Crippen LogP contribution in [0.4, 0.5) is 0 Å². The van der Waals surface area contributed by atoms with Crippen LogP contribution in [0.25, 0.3) is 0 Å². The Morgan fingerprint density at radius 3 is 2.04 bits per heavy atom. The van der Waals surface area contributed by atoms with Crippen molar-refractivity contribution < 1.29 is 41.5 Å². The van der Waals surface area contributed by atoms with E-state index >= 15 is 0 Å². The van der Waals surface area contributed by atoms with Crippen LogP contribution in [0.2, 0.25) is 0 Å². The van der Waals surface area contributed by atoms with Crippen molar-refractivity contribution in [3.63, 3.8) is 0 Å².